The first kappa shape index (κ1) is 20.1. The van der Waals surface area contributed by atoms with Crippen molar-refractivity contribution in [3.8, 4) is 17.2 Å². The number of nitrogens with one attached hydrogen (secondary N) is 1. The monoisotopic (exact) mass is 405 g/mol. The number of methoxy groups -OCH3 is 1. The number of carbonyl (C=O) groups is 2. The molecular formula is C20H17F2NO6. The van der Waals surface area contributed by atoms with Crippen molar-refractivity contribution in [2.45, 2.75) is 0 Å². The van der Waals surface area contributed by atoms with Gasteiger partial charge in [-0.3, -0.25) is 4.79 Å². The van der Waals surface area contributed by atoms with Gasteiger partial charge in [0.25, 0.3) is 5.91 Å². The molecule has 2 aromatic rings. The van der Waals surface area contributed by atoms with Gasteiger partial charge in [0.2, 0.25) is 5.75 Å². The van der Waals surface area contributed by atoms with E-state index >= 15 is 0 Å². The number of anilines is 1. The quantitative estimate of drug-likeness (QED) is 0.588. The number of halogens is 2. The van der Waals surface area contributed by atoms with Crippen molar-refractivity contribution in [3.05, 3.63) is 53.6 Å². The number of rotatable bonds is 6. The SMILES string of the molecule is COc1cc(/C=C/C(=O)OCC(=O)Nc2cc(F)ccc2F)cc2c1OCCO2. The maximum Gasteiger partial charge on any atom is 0.331 e. The summed E-state index contributed by atoms with van der Waals surface area (Å²) in [6.07, 6.45) is 2.56. The summed E-state index contributed by atoms with van der Waals surface area (Å²) in [6.45, 7) is 0.141. The van der Waals surface area contributed by atoms with E-state index < -0.39 is 30.1 Å². The number of benzene rings is 2. The molecule has 1 aliphatic heterocycles. The fourth-order valence-electron chi connectivity index (χ4n) is 2.52. The molecule has 0 bridgehead atoms. The Balaban J connectivity index is 1.57. The van der Waals surface area contributed by atoms with Gasteiger partial charge in [-0.25, -0.2) is 13.6 Å². The second kappa shape index (κ2) is 9.05. The minimum absolute atomic E-state index is 0.343. The summed E-state index contributed by atoms with van der Waals surface area (Å²) in [4.78, 5) is 23.6. The summed E-state index contributed by atoms with van der Waals surface area (Å²) < 4.78 is 47.6. The van der Waals surface area contributed by atoms with Crippen molar-refractivity contribution in [2.75, 3.05) is 32.2 Å². The largest absolute Gasteiger partial charge is 0.493 e. The van der Waals surface area contributed by atoms with Crippen molar-refractivity contribution in [1.29, 1.82) is 0 Å². The standard InChI is InChI=1S/C20H17F2NO6/c1-26-16-8-12(9-17-20(16)28-7-6-27-17)2-5-19(25)29-11-18(24)23-15-10-13(21)3-4-14(15)22/h2-5,8-10H,6-7,11H2,1H3,(H,23,24)/b5-2+. The summed E-state index contributed by atoms with van der Waals surface area (Å²) in [5, 5.41) is 2.13. The summed E-state index contributed by atoms with van der Waals surface area (Å²) in [5.74, 6) is -1.70. The molecule has 9 heteroatoms. The summed E-state index contributed by atoms with van der Waals surface area (Å²) in [5.41, 5.74) is 0.249. The van der Waals surface area contributed by atoms with Gasteiger partial charge in [0.05, 0.1) is 12.8 Å². The average molecular weight is 405 g/mol. The topological polar surface area (TPSA) is 83.1 Å². The molecule has 1 amide bonds. The molecule has 0 unspecified atom stereocenters. The number of fused-ring (bicyclic) bond motifs is 1. The fraction of sp³-hybridized carbons (Fsp3) is 0.200. The van der Waals surface area contributed by atoms with Crippen LogP contribution in [0.1, 0.15) is 5.56 Å². The van der Waals surface area contributed by atoms with Crippen LogP contribution in [0.2, 0.25) is 0 Å². The molecule has 0 atom stereocenters. The Hall–Kier alpha value is -3.62. The zero-order valence-corrected chi connectivity index (χ0v) is 15.4. The minimum Gasteiger partial charge on any atom is -0.493 e. The maximum atomic E-state index is 13.5. The molecule has 0 fully saturated rings. The Morgan fingerprint density at radius 3 is 2.76 bits per heavy atom. The van der Waals surface area contributed by atoms with Crippen molar-refractivity contribution >= 4 is 23.6 Å². The Morgan fingerprint density at radius 2 is 1.97 bits per heavy atom. The normalized spacial score (nSPS) is 12.5. The molecular weight excluding hydrogens is 388 g/mol. The Morgan fingerprint density at radius 1 is 1.17 bits per heavy atom. The molecule has 152 valence electrons. The van der Waals surface area contributed by atoms with Crippen LogP contribution < -0.4 is 19.5 Å². The molecule has 0 radical (unpaired) electrons. The zero-order chi connectivity index (χ0) is 20.8. The Kier molecular flexibility index (Phi) is 6.28. The van der Waals surface area contributed by atoms with E-state index in [1.807, 2.05) is 0 Å². The number of esters is 1. The van der Waals surface area contributed by atoms with Crippen molar-refractivity contribution in [3.63, 3.8) is 0 Å². The summed E-state index contributed by atoms with van der Waals surface area (Å²) >= 11 is 0. The lowest BCUT2D eigenvalue weighted by atomic mass is 10.1. The molecule has 1 aliphatic rings. The van der Waals surface area contributed by atoms with Gasteiger partial charge in [-0.1, -0.05) is 0 Å². The highest BCUT2D eigenvalue weighted by molar-refractivity contribution is 5.94. The van der Waals surface area contributed by atoms with Crippen molar-refractivity contribution in [1.82, 2.24) is 0 Å². The van der Waals surface area contributed by atoms with Gasteiger partial charge in [-0.05, 0) is 35.9 Å². The lowest BCUT2D eigenvalue weighted by Gasteiger charge is -2.20. The van der Waals surface area contributed by atoms with Crippen LogP contribution in [0.25, 0.3) is 6.08 Å². The predicted molar refractivity (Wildman–Crippen MR) is 99.0 cm³/mol. The predicted octanol–water partition coefficient (Wildman–Crippen LogP) is 2.94. The first-order valence-corrected chi connectivity index (χ1v) is 8.53. The van der Waals surface area contributed by atoms with Crippen LogP contribution in [0.4, 0.5) is 14.5 Å². The fourth-order valence-corrected chi connectivity index (χ4v) is 2.52. The van der Waals surface area contributed by atoms with Crippen LogP contribution in [0.3, 0.4) is 0 Å². The van der Waals surface area contributed by atoms with Crippen LogP contribution in [-0.4, -0.2) is 38.8 Å². The third-order valence-electron chi connectivity index (χ3n) is 3.81. The highest BCUT2D eigenvalue weighted by atomic mass is 19.1. The lowest BCUT2D eigenvalue weighted by molar-refractivity contribution is -0.142. The molecule has 2 aromatic carbocycles. The van der Waals surface area contributed by atoms with Gasteiger partial charge in [-0.2, -0.15) is 0 Å². The molecule has 0 saturated carbocycles. The Labute approximate surface area is 164 Å². The molecule has 0 aromatic heterocycles. The number of carbonyl (C=O) groups excluding carboxylic acids is 2. The van der Waals surface area contributed by atoms with E-state index in [0.717, 1.165) is 24.3 Å². The van der Waals surface area contributed by atoms with Crippen molar-refractivity contribution in [2.24, 2.45) is 0 Å². The maximum absolute atomic E-state index is 13.5. The molecule has 0 aliphatic carbocycles. The van der Waals surface area contributed by atoms with Gasteiger partial charge in [0.15, 0.2) is 18.1 Å². The highest BCUT2D eigenvalue weighted by Crippen LogP contribution is 2.40. The first-order chi connectivity index (χ1) is 14.0. The summed E-state index contributed by atoms with van der Waals surface area (Å²) in [6, 6.07) is 5.94. The number of amides is 1. The molecule has 1 heterocycles. The van der Waals surface area contributed by atoms with Gasteiger partial charge in [0.1, 0.15) is 24.8 Å². The van der Waals surface area contributed by atoms with E-state index in [9.17, 15) is 18.4 Å². The molecule has 1 N–H and O–H groups in total. The number of ether oxygens (including phenoxy) is 4. The average Bonchev–Trinajstić information content (AvgIpc) is 2.72. The van der Waals surface area contributed by atoms with Crippen LogP contribution in [0.5, 0.6) is 17.2 Å². The van der Waals surface area contributed by atoms with Crippen molar-refractivity contribution < 1.29 is 37.3 Å². The second-order valence-electron chi connectivity index (χ2n) is 5.86. The number of hydrogen-bond acceptors (Lipinski definition) is 6. The molecule has 0 spiro atoms. The molecule has 0 saturated heterocycles. The molecule has 3 rings (SSSR count). The van der Waals surface area contributed by atoms with Gasteiger partial charge in [-0.15, -0.1) is 0 Å². The second-order valence-corrected chi connectivity index (χ2v) is 5.86. The van der Waals surface area contributed by atoms with E-state index in [-0.39, 0.29) is 5.69 Å². The van der Waals surface area contributed by atoms with E-state index in [1.54, 1.807) is 12.1 Å². The van der Waals surface area contributed by atoms with Crippen LogP contribution in [-0.2, 0) is 14.3 Å². The van der Waals surface area contributed by atoms with E-state index in [2.05, 4.69) is 5.32 Å². The van der Waals surface area contributed by atoms with E-state index in [4.69, 9.17) is 18.9 Å². The van der Waals surface area contributed by atoms with Gasteiger partial charge < -0.3 is 24.3 Å². The first-order valence-electron chi connectivity index (χ1n) is 8.53. The van der Waals surface area contributed by atoms with Crippen LogP contribution in [0.15, 0.2) is 36.4 Å². The molecule has 7 nitrogen and oxygen atoms in total. The summed E-state index contributed by atoms with van der Waals surface area (Å²) in [7, 11) is 1.48. The zero-order valence-electron chi connectivity index (χ0n) is 15.4. The van der Waals surface area contributed by atoms with E-state index in [1.165, 1.54) is 13.2 Å². The smallest absolute Gasteiger partial charge is 0.331 e. The third-order valence-corrected chi connectivity index (χ3v) is 3.81. The van der Waals surface area contributed by atoms with Gasteiger partial charge in [0, 0.05) is 12.1 Å². The van der Waals surface area contributed by atoms with Crippen LogP contribution in [0, 0.1) is 11.6 Å². The minimum atomic E-state index is -0.808. The lowest BCUT2D eigenvalue weighted by Crippen LogP contribution is -2.20. The Bertz CT molecular complexity index is 943. The van der Waals surface area contributed by atoms with E-state index in [0.29, 0.717) is 36.0 Å². The van der Waals surface area contributed by atoms with Gasteiger partial charge >= 0.3 is 5.97 Å². The third kappa shape index (κ3) is 5.22. The highest BCUT2D eigenvalue weighted by Gasteiger charge is 2.18. The molecule has 29 heavy (non-hydrogen) atoms. The number of hydrogen-bond donors (Lipinski definition) is 1. The van der Waals surface area contributed by atoms with Crippen LogP contribution >= 0.6 is 0 Å².